The van der Waals surface area contributed by atoms with Crippen molar-refractivity contribution in [3.8, 4) is 0 Å². The minimum atomic E-state index is -1.06. The van der Waals surface area contributed by atoms with Crippen LogP contribution in [0.4, 0.5) is 5.69 Å². The fourth-order valence-electron chi connectivity index (χ4n) is 1.50. The average Bonchev–Trinajstić information content (AvgIpc) is 2.29. The normalized spacial score (nSPS) is 14.0. The molecule has 0 spiro atoms. The van der Waals surface area contributed by atoms with Gasteiger partial charge in [-0.15, -0.1) is 0 Å². The first kappa shape index (κ1) is 14.2. The van der Waals surface area contributed by atoms with Crippen molar-refractivity contribution in [3.05, 3.63) is 24.5 Å². The maximum absolute atomic E-state index is 11.8. The zero-order valence-corrected chi connectivity index (χ0v) is 10.8. The van der Waals surface area contributed by atoms with Gasteiger partial charge in [0.05, 0.1) is 5.41 Å². The predicted octanol–water partition coefficient (Wildman–Crippen LogP) is 2.16. The number of carboxylic acid groups (broad SMARTS) is 1. The summed E-state index contributed by atoms with van der Waals surface area (Å²) in [4.78, 5) is 26.9. The Labute approximate surface area is 106 Å². The Hall–Kier alpha value is -1.91. The Morgan fingerprint density at radius 1 is 1.39 bits per heavy atom. The number of amides is 1. The molecule has 2 N–H and O–H groups in total. The van der Waals surface area contributed by atoms with Crippen LogP contribution >= 0.6 is 0 Å². The molecule has 0 fully saturated rings. The first-order chi connectivity index (χ1) is 8.36. The molecule has 0 radical (unpaired) electrons. The van der Waals surface area contributed by atoms with Crippen LogP contribution in [0, 0.1) is 11.3 Å². The molecular formula is C13H18N2O3. The number of pyridine rings is 1. The lowest BCUT2D eigenvalue weighted by Crippen LogP contribution is -2.37. The molecule has 5 nitrogen and oxygen atoms in total. The van der Waals surface area contributed by atoms with Crippen molar-refractivity contribution in [1.82, 2.24) is 4.98 Å². The first-order valence-electron chi connectivity index (χ1n) is 5.79. The van der Waals surface area contributed by atoms with Gasteiger partial charge in [0.25, 0.3) is 0 Å². The summed E-state index contributed by atoms with van der Waals surface area (Å²) >= 11 is 0. The number of carbonyl (C=O) groups excluding carboxylic acids is 1. The second-order valence-corrected chi connectivity index (χ2v) is 4.84. The third-order valence-electron chi connectivity index (χ3n) is 3.25. The van der Waals surface area contributed by atoms with Crippen LogP contribution in [0.2, 0.25) is 0 Å². The Balaban J connectivity index is 2.72. The number of nitrogens with zero attached hydrogens (tertiary/aromatic N) is 1. The zero-order chi connectivity index (χ0) is 13.8. The van der Waals surface area contributed by atoms with E-state index in [4.69, 9.17) is 0 Å². The highest BCUT2D eigenvalue weighted by Gasteiger charge is 2.38. The second-order valence-electron chi connectivity index (χ2n) is 4.84. The summed E-state index contributed by atoms with van der Waals surface area (Å²) in [7, 11) is 0. The quantitative estimate of drug-likeness (QED) is 0.839. The van der Waals surface area contributed by atoms with Gasteiger partial charge in [-0.1, -0.05) is 13.8 Å². The maximum atomic E-state index is 11.8. The van der Waals surface area contributed by atoms with Crippen LogP contribution in [-0.4, -0.2) is 22.0 Å². The summed E-state index contributed by atoms with van der Waals surface area (Å²) in [5.74, 6) is -1.39. The van der Waals surface area contributed by atoms with Crippen molar-refractivity contribution >= 4 is 17.6 Å². The van der Waals surface area contributed by atoms with Crippen molar-refractivity contribution in [2.75, 3.05) is 5.32 Å². The molecule has 1 amide bonds. The SMILES string of the molecule is CC(C)C(C)(CC(=O)Nc1ccncc1)C(=O)O. The molecule has 0 saturated carbocycles. The van der Waals surface area contributed by atoms with E-state index in [-0.39, 0.29) is 18.2 Å². The van der Waals surface area contributed by atoms with Gasteiger partial charge in [0.1, 0.15) is 0 Å². The number of hydrogen-bond donors (Lipinski definition) is 2. The largest absolute Gasteiger partial charge is 0.481 e. The monoisotopic (exact) mass is 250 g/mol. The lowest BCUT2D eigenvalue weighted by Gasteiger charge is -2.28. The van der Waals surface area contributed by atoms with Crippen molar-refractivity contribution in [2.24, 2.45) is 11.3 Å². The Morgan fingerprint density at radius 3 is 2.39 bits per heavy atom. The summed E-state index contributed by atoms with van der Waals surface area (Å²) in [6, 6.07) is 3.32. The van der Waals surface area contributed by atoms with Crippen LogP contribution in [0.3, 0.4) is 0 Å². The molecule has 1 atom stereocenters. The van der Waals surface area contributed by atoms with E-state index < -0.39 is 11.4 Å². The number of carboxylic acids is 1. The first-order valence-corrected chi connectivity index (χ1v) is 5.79. The van der Waals surface area contributed by atoms with Crippen LogP contribution in [0.25, 0.3) is 0 Å². The number of rotatable bonds is 5. The van der Waals surface area contributed by atoms with Crippen LogP contribution in [0.5, 0.6) is 0 Å². The Kier molecular flexibility index (Phi) is 4.42. The topological polar surface area (TPSA) is 79.3 Å². The fraction of sp³-hybridized carbons (Fsp3) is 0.462. The van der Waals surface area contributed by atoms with E-state index in [2.05, 4.69) is 10.3 Å². The van der Waals surface area contributed by atoms with Crippen molar-refractivity contribution in [2.45, 2.75) is 27.2 Å². The standard InChI is InChI=1S/C13H18N2O3/c1-9(2)13(3,12(17)18)8-11(16)15-10-4-6-14-7-5-10/h4-7,9H,8H2,1-3H3,(H,17,18)(H,14,15,16). The van der Waals surface area contributed by atoms with E-state index in [0.29, 0.717) is 5.69 Å². The summed E-state index contributed by atoms with van der Waals surface area (Å²) < 4.78 is 0. The molecule has 5 heteroatoms. The third-order valence-corrected chi connectivity index (χ3v) is 3.25. The molecule has 0 saturated heterocycles. The van der Waals surface area contributed by atoms with Gasteiger partial charge in [0, 0.05) is 24.5 Å². The van der Waals surface area contributed by atoms with Gasteiger partial charge in [0.15, 0.2) is 0 Å². The number of aliphatic carboxylic acids is 1. The van der Waals surface area contributed by atoms with Gasteiger partial charge in [0.2, 0.25) is 5.91 Å². The van der Waals surface area contributed by atoms with E-state index in [9.17, 15) is 14.7 Å². The number of aromatic nitrogens is 1. The van der Waals surface area contributed by atoms with Crippen molar-refractivity contribution in [1.29, 1.82) is 0 Å². The van der Waals surface area contributed by atoms with Crippen LogP contribution in [0.15, 0.2) is 24.5 Å². The molecule has 1 aromatic rings. The highest BCUT2D eigenvalue weighted by atomic mass is 16.4. The fourth-order valence-corrected chi connectivity index (χ4v) is 1.50. The molecule has 0 aliphatic heterocycles. The van der Waals surface area contributed by atoms with Crippen LogP contribution in [-0.2, 0) is 9.59 Å². The molecule has 1 rings (SSSR count). The van der Waals surface area contributed by atoms with Gasteiger partial charge in [-0.25, -0.2) is 0 Å². The zero-order valence-electron chi connectivity index (χ0n) is 10.8. The molecule has 1 heterocycles. The van der Waals surface area contributed by atoms with Gasteiger partial charge < -0.3 is 10.4 Å². The average molecular weight is 250 g/mol. The molecule has 18 heavy (non-hydrogen) atoms. The summed E-state index contributed by atoms with van der Waals surface area (Å²) in [6.07, 6.45) is 3.07. The minimum Gasteiger partial charge on any atom is -0.481 e. The van der Waals surface area contributed by atoms with Crippen LogP contribution in [0.1, 0.15) is 27.2 Å². The number of anilines is 1. The van der Waals surface area contributed by atoms with E-state index in [1.165, 1.54) is 0 Å². The molecule has 98 valence electrons. The lowest BCUT2D eigenvalue weighted by molar-refractivity contribution is -0.153. The Morgan fingerprint density at radius 2 is 1.94 bits per heavy atom. The molecule has 0 aliphatic rings. The van der Waals surface area contributed by atoms with E-state index >= 15 is 0 Å². The molecular weight excluding hydrogens is 232 g/mol. The number of hydrogen-bond acceptors (Lipinski definition) is 3. The molecule has 0 bridgehead atoms. The highest BCUT2D eigenvalue weighted by molar-refractivity contribution is 5.94. The van der Waals surface area contributed by atoms with E-state index in [1.54, 1.807) is 45.3 Å². The maximum Gasteiger partial charge on any atom is 0.310 e. The predicted molar refractivity (Wildman–Crippen MR) is 68.1 cm³/mol. The molecule has 0 aliphatic carbocycles. The molecule has 1 aromatic heterocycles. The lowest BCUT2D eigenvalue weighted by atomic mass is 9.76. The van der Waals surface area contributed by atoms with Gasteiger partial charge in [-0.05, 0) is 25.0 Å². The summed E-state index contributed by atoms with van der Waals surface area (Å²) in [6.45, 7) is 5.19. The van der Waals surface area contributed by atoms with Crippen LogP contribution < -0.4 is 5.32 Å². The van der Waals surface area contributed by atoms with Gasteiger partial charge >= 0.3 is 5.97 Å². The Bertz CT molecular complexity index is 431. The molecule has 0 aromatic carbocycles. The third kappa shape index (κ3) is 3.29. The van der Waals surface area contributed by atoms with E-state index in [1.807, 2.05) is 0 Å². The van der Waals surface area contributed by atoms with E-state index in [0.717, 1.165) is 0 Å². The number of carbonyl (C=O) groups is 2. The molecule has 1 unspecified atom stereocenters. The summed E-state index contributed by atoms with van der Waals surface area (Å²) in [5.41, 5.74) is -0.441. The van der Waals surface area contributed by atoms with Gasteiger partial charge in [-0.3, -0.25) is 14.6 Å². The van der Waals surface area contributed by atoms with Crippen molar-refractivity contribution < 1.29 is 14.7 Å². The smallest absolute Gasteiger partial charge is 0.310 e. The highest BCUT2D eigenvalue weighted by Crippen LogP contribution is 2.31. The summed E-state index contributed by atoms with van der Waals surface area (Å²) in [5, 5.41) is 11.9. The minimum absolute atomic E-state index is 0.0533. The van der Waals surface area contributed by atoms with Gasteiger partial charge in [-0.2, -0.15) is 0 Å². The second kappa shape index (κ2) is 5.62. The van der Waals surface area contributed by atoms with Crippen molar-refractivity contribution in [3.63, 3.8) is 0 Å². The number of nitrogens with one attached hydrogen (secondary N) is 1.